The van der Waals surface area contributed by atoms with Gasteiger partial charge in [0.2, 0.25) is 11.8 Å². The van der Waals surface area contributed by atoms with E-state index in [0.717, 1.165) is 25.7 Å². The molecule has 126 valence electrons. The number of alkyl halides is 3. The average molecular weight is 320 g/mol. The summed E-state index contributed by atoms with van der Waals surface area (Å²) < 4.78 is 36.3. The fourth-order valence-electron chi connectivity index (χ4n) is 3.31. The van der Waals surface area contributed by atoms with E-state index in [2.05, 4.69) is 5.32 Å². The van der Waals surface area contributed by atoms with Gasteiger partial charge in [0.05, 0.1) is 12.5 Å². The van der Waals surface area contributed by atoms with Gasteiger partial charge in [0, 0.05) is 25.4 Å². The Morgan fingerprint density at radius 1 is 1.18 bits per heavy atom. The van der Waals surface area contributed by atoms with Crippen molar-refractivity contribution in [2.24, 2.45) is 0 Å². The van der Waals surface area contributed by atoms with Crippen molar-refractivity contribution in [2.45, 2.75) is 76.0 Å². The Kier molecular flexibility index (Phi) is 5.69. The van der Waals surface area contributed by atoms with Crippen LogP contribution >= 0.6 is 0 Å². The van der Waals surface area contributed by atoms with Gasteiger partial charge < -0.3 is 10.2 Å². The molecule has 4 nitrogen and oxygen atoms in total. The Morgan fingerprint density at radius 3 is 2.41 bits per heavy atom. The van der Waals surface area contributed by atoms with Gasteiger partial charge in [-0.3, -0.25) is 9.59 Å². The normalized spacial score (nSPS) is 24.4. The zero-order chi connectivity index (χ0) is 16.2. The summed E-state index contributed by atoms with van der Waals surface area (Å²) in [7, 11) is 0. The van der Waals surface area contributed by atoms with E-state index in [-0.39, 0.29) is 24.4 Å². The van der Waals surface area contributed by atoms with Gasteiger partial charge in [-0.2, -0.15) is 13.2 Å². The van der Waals surface area contributed by atoms with Crippen LogP contribution in [0.25, 0.3) is 0 Å². The molecule has 2 aliphatic rings. The molecule has 2 amide bonds. The van der Waals surface area contributed by atoms with Crippen LogP contribution in [0.15, 0.2) is 0 Å². The monoisotopic (exact) mass is 320 g/mol. The minimum absolute atomic E-state index is 0.00743. The van der Waals surface area contributed by atoms with Crippen molar-refractivity contribution in [3.8, 4) is 0 Å². The zero-order valence-electron chi connectivity index (χ0n) is 12.6. The summed E-state index contributed by atoms with van der Waals surface area (Å²) in [5, 5.41) is 2.57. The molecule has 1 saturated heterocycles. The Balaban J connectivity index is 1.80. The van der Waals surface area contributed by atoms with Crippen LogP contribution < -0.4 is 5.32 Å². The first-order chi connectivity index (χ1) is 10.3. The molecule has 0 bridgehead atoms. The predicted molar refractivity (Wildman–Crippen MR) is 75.0 cm³/mol. The third-order valence-corrected chi connectivity index (χ3v) is 4.42. The Morgan fingerprint density at radius 2 is 1.82 bits per heavy atom. The lowest BCUT2D eigenvalue weighted by Gasteiger charge is -2.27. The van der Waals surface area contributed by atoms with E-state index in [4.69, 9.17) is 0 Å². The van der Waals surface area contributed by atoms with E-state index >= 15 is 0 Å². The number of likely N-dealkylation sites (tertiary alicyclic amines) is 1. The Bertz CT molecular complexity index is 404. The lowest BCUT2D eigenvalue weighted by Crippen LogP contribution is -2.40. The second-order valence-corrected chi connectivity index (χ2v) is 6.28. The van der Waals surface area contributed by atoms with Crippen molar-refractivity contribution in [3.05, 3.63) is 0 Å². The quantitative estimate of drug-likeness (QED) is 0.810. The highest BCUT2D eigenvalue weighted by molar-refractivity contribution is 5.82. The number of hydrogen-bond donors (Lipinski definition) is 1. The summed E-state index contributed by atoms with van der Waals surface area (Å²) in [6, 6.07) is -0.122. The van der Waals surface area contributed by atoms with Gasteiger partial charge in [0.1, 0.15) is 0 Å². The van der Waals surface area contributed by atoms with Crippen molar-refractivity contribution in [3.63, 3.8) is 0 Å². The highest BCUT2D eigenvalue weighted by Crippen LogP contribution is 2.26. The minimum Gasteiger partial charge on any atom is -0.351 e. The molecule has 0 aromatic rings. The summed E-state index contributed by atoms with van der Waals surface area (Å²) in [5.74, 6) is -0.620. The fourth-order valence-corrected chi connectivity index (χ4v) is 3.31. The number of nitrogens with one attached hydrogen (secondary N) is 1. The lowest BCUT2D eigenvalue weighted by molar-refractivity contribution is -0.144. The molecule has 1 atom stereocenters. The van der Waals surface area contributed by atoms with E-state index in [1.54, 1.807) is 0 Å². The number of halogens is 3. The molecule has 0 spiro atoms. The third-order valence-electron chi connectivity index (χ3n) is 4.42. The van der Waals surface area contributed by atoms with Gasteiger partial charge in [-0.05, 0) is 12.8 Å². The molecule has 0 radical (unpaired) electrons. The third kappa shape index (κ3) is 5.18. The maximum Gasteiger partial charge on any atom is 0.389 e. The molecule has 1 heterocycles. The van der Waals surface area contributed by atoms with E-state index in [9.17, 15) is 22.8 Å². The summed E-state index contributed by atoms with van der Waals surface area (Å²) in [4.78, 5) is 25.5. The van der Waals surface area contributed by atoms with Gasteiger partial charge in [-0.15, -0.1) is 0 Å². The maximum atomic E-state index is 12.1. The van der Waals surface area contributed by atoms with Crippen LogP contribution in [-0.4, -0.2) is 41.5 Å². The van der Waals surface area contributed by atoms with Gasteiger partial charge >= 0.3 is 6.18 Å². The standard InChI is InChI=1S/C15H23F3N2O2/c16-15(17,18)8-7-13(21)19-11-9-14(22)20(10-11)12-5-3-1-2-4-6-12/h11-12H,1-10H2,(H,19,21). The van der Waals surface area contributed by atoms with Gasteiger partial charge in [-0.25, -0.2) is 0 Å². The molecule has 22 heavy (non-hydrogen) atoms. The molecule has 1 aliphatic heterocycles. The van der Waals surface area contributed by atoms with Crippen LogP contribution in [0.1, 0.15) is 57.8 Å². The summed E-state index contributed by atoms with van der Waals surface area (Å²) in [5.41, 5.74) is 0. The second-order valence-electron chi connectivity index (χ2n) is 6.28. The number of rotatable bonds is 4. The number of carbonyl (C=O) groups excluding carboxylic acids is 2. The Labute approximate surface area is 128 Å². The van der Waals surface area contributed by atoms with Crippen molar-refractivity contribution in [2.75, 3.05) is 6.54 Å². The van der Waals surface area contributed by atoms with Crippen LogP contribution in [-0.2, 0) is 9.59 Å². The first kappa shape index (κ1) is 17.1. The van der Waals surface area contributed by atoms with Crippen molar-refractivity contribution in [1.82, 2.24) is 10.2 Å². The number of amides is 2. The first-order valence-corrected chi connectivity index (χ1v) is 8.01. The van der Waals surface area contributed by atoms with E-state index < -0.39 is 24.9 Å². The van der Waals surface area contributed by atoms with Crippen LogP contribution in [0, 0.1) is 0 Å². The van der Waals surface area contributed by atoms with E-state index in [0.29, 0.717) is 6.54 Å². The highest BCUT2D eigenvalue weighted by Gasteiger charge is 2.35. The van der Waals surface area contributed by atoms with E-state index in [1.807, 2.05) is 4.90 Å². The zero-order valence-corrected chi connectivity index (χ0v) is 12.6. The summed E-state index contributed by atoms with van der Waals surface area (Å²) in [6.07, 6.45) is 0.758. The molecule has 0 aromatic heterocycles. The summed E-state index contributed by atoms with van der Waals surface area (Å²) >= 11 is 0. The molecule has 1 saturated carbocycles. The number of nitrogens with zero attached hydrogens (tertiary/aromatic N) is 1. The molecule has 1 N–H and O–H groups in total. The van der Waals surface area contributed by atoms with Gasteiger partial charge in [0.15, 0.2) is 0 Å². The number of hydrogen-bond acceptors (Lipinski definition) is 2. The average Bonchev–Trinajstić information content (AvgIpc) is 2.65. The highest BCUT2D eigenvalue weighted by atomic mass is 19.4. The molecule has 2 rings (SSSR count). The summed E-state index contributed by atoms with van der Waals surface area (Å²) in [6.45, 7) is 0.432. The van der Waals surface area contributed by atoms with Crippen molar-refractivity contribution >= 4 is 11.8 Å². The molecule has 1 aliphatic carbocycles. The second kappa shape index (κ2) is 7.33. The minimum atomic E-state index is -4.32. The predicted octanol–water partition coefficient (Wildman–Crippen LogP) is 2.77. The molecule has 7 heteroatoms. The molecule has 1 unspecified atom stereocenters. The van der Waals surface area contributed by atoms with Crippen LogP contribution in [0.5, 0.6) is 0 Å². The molecule has 0 aromatic carbocycles. The smallest absolute Gasteiger partial charge is 0.351 e. The van der Waals surface area contributed by atoms with Gasteiger partial charge in [-0.1, -0.05) is 25.7 Å². The van der Waals surface area contributed by atoms with Crippen LogP contribution in [0.2, 0.25) is 0 Å². The van der Waals surface area contributed by atoms with Crippen LogP contribution in [0.4, 0.5) is 13.2 Å². The van der Waals surface area contributed by atoms with Crippen molar-refractivity contribution in [1.29, 1.82) is 0 Å². The SMILES string of the molecule is O=C(CCC(F)(F)F)NC1CC(=O)N(C2CCCCCC2)C1. The molecular formula is C15H23F3N2O2. The maximum absolute atomic E-state index is 12.1. The fraction of sp³-hybridized carbons (Fsp3) is 0.867. The van der Waals surface area contributed by atoms with Gasteiger partial charge in [0.25, 0.3) is 0 Å². The molecular weight excluding hydrogens is 297 g/mol. The van der Waals surface area contributed by atoms with Crippen molar-refractivity contribution < 1.29 is 22.8 Å². The van der Waals surface area contributed by atoms with E-state index in [1.165, 1.54) is 12.8 Å². The first-order valence-electron chi connectivity index (χ1n) is 8.01. The topological polar surface area (TPSA) is 49.4 Å². The Hall–Kier alpha value is -1.27. The molecule has 2 fully saturated rings. The van der Waals surface area contributed by atoms with Crippen LogP contribution in [0.3, 0.4) is 0 Å². The largest absolute Gasteiger partial charge is 0.389 e. The lowest BCUT2D eigenvalue weighted by atomic mass is 10.1. The number of carbonyl (C=O) groups is 2.